The number of anilines is 1. The highest BCUT2D eigenvalue weighted by Gasteiger charge is 2.19. The van der Waals surface area contributed by atoms with E-state index in [4.69, 9.17) is 4.74 Å². The summed E-state index contributed by atoms with van der Waals surface area (Å²) in [7, 11) is 0. The summed E-state index contributed by atoms with van der Waals surface area (Å²) in [4.78, 5) is 33.0. The molecule has 7 heteroatoms. The van der Waals surface area contributed by atoms with Crippen LogP contribution < -0.4 is 5.32 Å². The molecule has 0 radical (unpaired) electrons. The zero-order valence-electron chi connectivity index (χ0n) is 13.4. The number of rotatable bonds is 5. The molecule has 0 saturated heterocycles. The highest BCUT2D eigenvalue weighted by atomic mass is 32.1. The second-order valence-electron chi connectivity index (χ2n) is 5.14. The van der Waals surface area contributed by atoms with Crippen molar-refractivity contribution in [3.8, 4) is 10.7 Å². The third-order valence-electron chi connectivity index (χ3n) is 3.26. The molecule has 0 aliphatic rings. The molecule has 6 nitrogen and oxygen atoms in total. The molecular formula is C18H15N3O3S. The lowest BCUT2D eigenvalue weighted by molar-refractivity contribution is -0.119. The molecule has 2 heterocycles. The first kappa shape index (κ1) is 16.8. The molecule has 3 aromatic rings. The molecule has 0 bridgehead atoms. The van der Waals surface area contributed by atoms with Crippen LogP contribution in [0.2, 0.25) is 0 Å². The van der Waals surface area contributed by atoms with Crippen LogP contribution in [0.1, 0.15) is 15.4 Å². The summed E-state index contributed by atoms with van der Waals surface area (Å²) in [6, 6.07) is 14.5. The van der Waals surface area contributed by atoms with Crippen LogP contribution >= 0.6 is 11.3 Å². The standard InChI is InChI=1S/C18H15N3O3S/c1-12-16(25-17(20-12)14-9-5-6-10-19-14)18(23)24-11-15(22)21-13-7-3-2-4-8-13/h2-10H,11H2,1H3,(H,21,22). The van der Waals surface area contributed by atoms with Gasteiger partial charge in [-0.05, 0) is 31.2 Å². The van der Waals surface area contributed by atoms with Gasteiger partial charge in [-0.25, -0.2) is 9.78 Å². The Balaban J connectivity index is 1.62. The molecule has 126 valence electrons. The molecule has 0 aliphatic carbocycles. The van der Waals surface area contributed by atoms with E-state index in [2.05, 4.69) is 15.3 Å². The predicted octanol–water partition coefficient (Wildman–Crippen LogP) is 3.31. The van der Waals surface area contributed by atoms with Crippen LogP contribution in [0.3, 0.4) is 0 Å². The van der Waals surface area contributed by atoms with E-state index in [1.807, 2.05) is 24.3 Å². The minimum atomic E-state index is -0.569. The molecule has 0 spiro atoms. The summed E-state index contributed by atoms with van der Waals surface area (Å²) in [6.45, 7) is 1.37. The molecular weight excluding hydrogens is 338 g/mol. The molecule has 1 N–H and O–H groups in total. The van der Waals surface area contributed by atoms with E-state index >= 15 is 0 Å². The van der Waals surface area contributed by atoms with Crippen LogP contribution in [0, 0.1) is 6.92 Å². The van der Waals surface area contributed by atoms with Crippen molar-refractivity contribution in [1.82, 2.24) is 9.97 Å². The molecule has 0 unspecified atom stereocenters. The van der Waals surface area contributed by atoms with Gasteiger partial charge in [0, 0.05) is 11.9 Å². The third-order valence-corrected chi connectivity index (χ3v) is 4.42. The first-order chi connectivity index (χ1) is 12.1. The number of aromatic nitrogens is 2. The second-order valence-corrected chi connectivity index (χ2v) is 6.14. The second kappa shape index (κ2) is 7.67. The van der Waals surface area contributed by atoms with E-state index in [0.717, 1.165) is 0 Å². The first-order valence-corrected chi connectivity index (χ1v) is 8.36. The zero-order valence-corrected chi connectivity index (χ0v) is 14.2. The number of benzene rings is 1. The largest absolute Gasteiger partial charge is 0.451 e. The average molecular weight is 353 g/mol. The maximum absolute atomic E-state index is 12.2. The lowest BCUT2D eigenvalue weighted by atomic mass is 10.3. The number of carbonyl (C=O) groups excluding carboxylic acids is 2. The number of thiazole rings is 1. The molecule has 25 heavy (non-hydrogen) atoms. The number of hydrogen-bond donors (Lipinski definition) is 1. The van der Waals surface area contributed by atoms with Crippen LogP contribution in [0.25, 0.3) is 10.7 Å². The maximum Gasteiger partial charge on any atom is 0.350 e. The number of ether oxygens (including phenoxy) is 1. The Bertz CT molecular complexity index is 879. The molecule has 0 saturated carbocycles. The third kappa shape index (κ3) is 4.27. The fraction of sp³-hybridized carbons (Fsp3) is 0.111. The molecule has 0 atom stereocenters. The summed E-state index contributed by atoms with van der Waals surface area (Å²) in [6.07, 6.45) is 1.66. The Morgan fingerprint density at radius 1 is 1.12 bits per heavy atom. The lowest BCUT2D eigenvalue weighted by Crippen LogP contribution is -2.20. The normalized spacial score (nSPS) is 10.3. The number of aryl methyl sites for hydroxylation is 1. The number of nitrogens with one attached hydrogen (secondary N) is 1. The number of carbonyl (C=O) groups is 2. The minimum Gasteiger partial charge on any atom is -0.451 e. The van der Waals surface area contributed by atoms with E-state index in [9.17, 15) is 9.59 Å². The monoisotopic (exact) mass is 353 g/mol. The van der Waals surface area contributed by atoms with Crippen molar-refractivity contribution in [3.63, 3.8) is 0 Å². The molecule has 0 aliphatic heterocycles. The lowest BCUT2D eigenvalue weighted by Gasteiger charge is -2.05. The van der Waals surface area contributed by atoms with Gasteiger partial charge in [0.2, 0.25) is 0 Å². The van der Waals surface area contributed by atoms with Crippen molar-refractivity contribution in [2.45, 2.75) is 6.92 Å². The zero-order chi connectivity index (χ0) is 17.6. The van der Waals surface area contributed by atoms with Gasteiger partial charge in [-0.15, -0.1) is 11.3 Å². The predicted molar refractivity (Wildman–Crippen MR) is 95.4 cm³/mol. The van der Waals surface area contributed by atoms with E-state index < -0.39 is 11.9 Å². The maximum atomic E-state index is 12.2. The van der Waals surface area contributed by atoms with Gasteiger partial charge < -0.3 is 10.1 Å². The van der Waals surface area contributed by atoms with Gasteiger partial charge in [0.25, 0.3) is 5.91 Å². The summed E-state index contributed by atoms with van der Waals surface area (Å²) in [5, 5.41) is 3.29. The summed E-state index contributed by atoms with van der Waals surface area (Å²) >= 11 is 1.20. The van der Waals surface area contributed by atoms with Crippen LogP contribution in [-0.2, 0) is 9.53 Å². The van der Waals surface area contributed by atoms with Gasteiger partial charge in [0.1, 0.15) is 9.88 Å². The topological polar surface area (TPSA) is 81.2 Å². The summed E-state index contributed by atoms with van der Waals surface area (Å²) < 4.78 is 5.09. The average Bonchev–Trinajstić information content (AvgIpc) is 3.03. The van der Waals surface area contributed by atoms with Crippen LogP contribution in [0.15, 0.2) is 54.7 Å². The number of para-hydroxylation sites is 1. The van der Waals surface area contributed by atoms with Crippen molar-refractivity contribution in [1.29, 1.82) is 0 Å². The number of hydrogen-bond acceptors (Lipinski definition) is 6. The van der Waals surface area contributed by atoms with E-state index in [1.54, 1.807) is 37.4 Å². The minimum absolute atomic E-state index is 0.357. The van der Waals surface area contributed by atoms with E-state index in [1.165, 1.54) is 11.3 Å². The van der Waals surface area contributed by atoms with Crippen molar-refractivity contribution >= 4 is 28.9 Å². The number of nitrogens with zero attached hydrogens (tertiary/aromatic N) is 2. The SMILES string of the molecule is Cc1nc(-c2ccccn2)sc1C(=O)OCC(=O)Nc1ccccc1. The number of pyridine rings is 1. The van der Waals surface area contributed by atoms with Crippen molar-refractivity contribution in [3.05, 3.63) is 65.3 Å². The Labute approximate surface area is 148 Å². The first-order valence-electron chi connectivity index (χ1n) is 7.54. The Kier molecular flexibility index (Phi) is 5.15. The van der Waals surface area contributed by atoms with Crippen LogP contribution in [0.4, 0.5) is 5.69 Å². The highest BCUT2D eigenvalue weighted by molar-refractivity contribution is 7.17. The Hall–Kier alpha value is -3.06. The molecule has 3 rings (SSSR count). The van der Waals surface area contributed by atoms with Gasteiger partial charge >= 0.3 is 5.97 Å². The summed E-state index contributed by atoms with van der Waals surface area (Å²) in [5.74, 6) is -0.966. The van der Waals surface area contributed by atoms with Gasteiger partial charge in [0.05, 0.1) is 11.4 Å². The molecule has 0 fully saturated rings. The van der Waals surface area contributed by atoms with E-state index in [-0.39, 0.29) is 6.61 Å². The van der Waals surface area contributed by atoms with Crippen LogP contribution in [0.5, 0.6) is 0 Å². The Morgan fingerprint density at radius 2 is 1.88 bits per heavy atom. The van der Waals surface area contributed by atoms with Crippen molar-refractivity contribution in [2.75, 3.05) is 11.9 Å². The highest BCUT2D eigenvalue weighted by Crippen LogP contribution is 2.26. The molecule has 2 aromatic heterocycles. The van der Waals surface area contributed by atoms with Gasteiger partial charge in [-0.3, -0.25) is 9.78 Å². The van der Waals surface area contributed by atoms with Gasteiger partial charge in [-0.1, -0.05) is 24.3 Å². The molecule has 1 aromatic carbocycles. The van der Waals surface area contributed by atoms with E-state index in [0.29, 0.717) is 27.0 Å². The summed E-state index contributed by atoms with van der Waals surface area (Å²) in [5.41, 5.74) is 1.89. The number of amides is 1. The van der Waals surface area contributed by atoms with Crippen LogP contribution in [-0.4, -0.2) is 28.5 Å². The number of esters is 1. The quantitative estimate of drug-likeness (QED) is 0.712. The van der Waals surface area contributed by atoms with Gasteiger partial charge in [-0.2, -0.15) is 0 Å². The van der Waals surface area contributed by atoms with Crippen molar-refractivity contribution < 1.29 is 14.3 Å². The molecule has 1 amide bonds. The fourth-order valence-electron chi connectivity index (χ4n) is 2.10. The van der Waals surface area contributed by atoms with Gasteiger partial charge in [0.15, 0.2) is 6.61 Å². The fourth-order valence-corrected chi connectivity index (χ4v) is 3.04. The smallest absolute Gasteiger partial charge is 0.350 e. The van der Waals surface area contributed by atoms with Crippen molar-refractivity contribution in [2.24, 2.45) is 0 Å². The Morgan fingerprint density at radius 3 is 2.60 bits per heavy atom.